The van der Waals surface area contributed by atoms with Crippen LogP contribution >= 0.6 is 22.9 Å². The molecule has 0 amide bonds. The molecule has 3 aromatic carbocycles. The maximum Gasteiger partial charge on any atom is 0.196 e. The summed E-state index contributed by atoms with van der Waals surface area (Å²) >= 11 is 8.01. The van der Waals surface area contributed by atoms with Gasteiger partial charge in [-0.2, -0.15) is 0 Å². The van der Waals surface area contributed by atoms with E-state index in [1.807, 2.05) is 72.1 Å². The fourth-order valence-corrected chi connectivity index (χ4v) is 4.86. The van der Waals surface area contributed by atoms with Crippen LogP contribution in [0.15, 0.2) is 99.5 Å². The predicted octanol–water partition coefficient (Wildman–Crippen LogP) is 7.36. The Labute approximate surface area is 189 Å². The summed E-state index contributed by atoms with van der Waals surface area (Å²) in [5.74, 6) is 0.646. The highest BCUT2D eigenvalue weighted by atomic mass is 35.5. The number of benzene rings is 3. The molecule has 0 fully saturated rings. The zero-order chi connectivity index (χ0) is 21.2. The zero-order valence-electron chi connectivity index (χ0n) is 16.7. The van der Waals surface area contributed by atoms with Crippen molar-refractivity contribution in [3.63, 3.8) is 0 Å². The van der Waals surface area contributed by atoms with Crippen molar-refractivity contribution >= 4 is 33.9 Å². The lowest BCUT2D eigenvalue weighted by Gasteiger charge is -2.13. The monoisotopic (exact) mass is 442 g/mol. The Bertz CT molecular complexity index is 1390. The highest BCUT2D eigenvalue weighted by molar-refractivity contribution is 7.13. The van der Waals surface area contributed by atoms with Gasteiger partial charge in [-0.1, -0.05) is 78.3 Å². The van der Waals surface area contributed by atoms with Gasteiger partial charge in [0.25, 0.3) is 0 Å². The SMILES string of the molecule is O=c1c(Cc2ccccc2)c(-c2cccs2)oc2c(Cc3ccccc3)cc(Cl)cc12. The second-order valence-electron chi connectivity index (χ2n) is 7.48. The number of hydrogen-bond donors (Lipinski definition) is 0. The third kappa shape index (κ3) is 4.07. The normalized spacial score (nSPS) is 11.1. The van der Waals surface area contributed by atoms with E-state index in [-0.39, 0.29) is 5.43 Å². The summed E-state index contributed by atoms with van der Waals surface area (Å²) in [5, 5.41) is 3.07. The fraction of sp³-hybridized carbons (Fsp3) is 0.0741. The average Bonchev–Trinajstić information content (AvgIpc) is 3.32. The Morgan fingerprint density at radius 2 is 1.48 bits per heavy atom. The summed E-state index contributed by atoms with van der Waals surface area (Å²) < 4.78 is 6.50. The maximum atomic E-state index is 13.7. The van der Waals surface area contributed by atoms with Crippen molar-refractivity contribution < 1.29 is 4.42 Å². The Kier molecular flexibility index (Phi) is 5.46. The van der Waals surface area contributed by atoms with Crippen molar-refractivity contribution in [1.29, 1.82) is 0 Å². The molecule has 0 saturated carbocycles. The first-order chi connectivity index (χ1) is 15.2. The Morgan fingerprint density at radius 3 is 2.13 bits per heavy atom. The molecular formula is C27H19ClO2S. The van der Waals surface area contributed by atoms with E-state index in [9.17, 15) is 4.79 Å². The molecule has 4 heteroatoms. The Balaban J connectivity index is 1.74. The van der Waals surface area contributed by atoms with E-state index in [4.69, 9.17) is 16.0 Å². The molecule has 0 bridgehead atoms. The highest BCUT2D eigenvalue weighted by Crippen LogP contribution is 2.33. The minimum absolute atomic E-state index is 0.0229. The van der Waals surface area contributed by atoms with Crippen molar-refractivity contribution in [1.82, 2.24) is 0 Å². The Hall–Kier alpha value is -3.14. The van der Waals surface area contributed by atoms with Gasteiger partial charge in [-0.3, -0.25) is 4.79 Å². The number of rotatable bonds is 5. The summed E-state index contributed by atoms with van der Waals surface area (Å²) in [6.45, 7) is 0. The first-order valence-corrected chi connectivity index (χ1v) is 11.3. The van der Waals surface area contributed by atoms with Crippen LogP contribution in [0, 0.1) is 0 Å². The first-order valence-electron chi connectivity index (χ1n) is 10.1. The van der Waals surface area contributed by atoms with E-state index in [0.29, 0.717) is 40.2 Å². The summed E-state index contributed by atoms with van der Waals surface area (Å²) in [6, 6.07) is 27.7. The first kappa shape index (κ1) is 19.8. The third-order valence-electron chi connectivity index (χ3n) is 5.33. The fourth-order valence-electron chi connectivity index (χ4n) is 3.88. The number of fused-ring (bicyclic) bond motifs is 1. The quantitative estimate of drug-likeness (QED) is 0.284. The number of hydrogen-bond acceptors (Lipinski definition) is 3. The molecule has 0 aliphatic heterocycles. The van der Waals surface area contributed by atoms with Crippen LogP contribution in [0.4, 0.5) is 0 Å². The lowest BCUT2D eigenvalue weighted by molar-refractivity contribution is 0.609. The van der Waals surface area contributed by atoms with Crippen LogP contribution in [0.2, 0.25) is 5.02 Å². The van der Waals surface area contributed by atoms with Crippen molar-refractivity contribution in [2.24, 2.45) is 0 Å². The van der Waals surface area contributed by atoms with Crippen LogP contribution in [0.5, 0.6) is 0 Å². The van der Waals surface area contributed by atoms with E-state index in [1.54, 1.807) is 17.4 Å². The summed E-state index contributed by atoms with van der Waals surface area (Å²) in [7, 11) is 0. The standard InChI is InChI=1S/C27H19ClO2S/c28-21-16-20(14-18-8-3-1-4-9-18)26-23(17-21)25(29)22(15-19-10-5-2-6-11-19)27(30-26)24-12-7-13-31-24/h1-13,16-17H,14-15H2. The second kappa shape index (κ2) is 8.54. The molecule has 31 heavy (non-hydrogen) atoms. The van der Waals surface area contributed by atoms with E-state index in [1.165, 1.54) is 0 Å². The van der Waals surface area contributed by atoms with Crippen molar-refractivity contribution in [3.8, 4) is 10.6 Å². The molecule has 2 aromatic heterocycles. The van der Waals surface area contributed by atoms with Gasteiger partial charge in [0, 0.05) is 29.0 Å². The molecule has 2 heterocycles. The van der Waals surface area contributed by atoms with E-state index < -0.39 is 0 Å². The van der Waals surface area contributed by atoms with Crippen LogP contribution in [-0.4, -0.2) is 0 Å². The molecule has 0 aliphatic carbocycles. The largest absolute Gasteiger partial charge is 0.454 e. The summed E-state index contributed by atoms with van der Waals surface area (Å²) in [5.41, 5.74) is 4.37. The van der Waals surface area contributed by atoms with Gasteiger partial charge in [0.05, 0.1) is 10.3 Å². The second-order valence-corrected chi connectivity index (χ2v) is 8.87. The van der Waals surface area contributed by atoms with Gasteiger partial charge in [0.15, 0.2) is 11.2 Å². The third-order valence-corrected chi connectivity index (χ3v) is 6.42. The number of halogens is 1. The molecule has 2 nitrogen and oxygen atoms in total. The van der Waals surface area contributed by atoms with E-state index >= 15 is 0 Å². The molecule has 0 radical (unpaired) electrons. The predicted molar refractivity (Wildman–Crippen MR) is 129 cm³/mol. The molecule has 0 aliphatic rings. The molecule has 0 unspecified atom stereocenters. The van der Waals surface area contributed by atoms with Gasteiger partial charge < -0.3 is 4.42 Å². The molecule has 0 atom stereocenters. The maximum absolute atomic E-state index is 13.7. The Morgan fingerprint density at radius 1 is 0.806 bits per heavy atom. The highest BCUT2D eigenvalue weighted by Gasteiger charge is 2.20. The molecule has 0 saturated heterocycles. The molecule has 0 N–H and O–H groups in total. The van der Waals surface area contributed by atoms with Gasteiger partial charge in [-0.25, -0.2) is 0 Å². The zero-order valence-corrected chi connectivity index (χ0v) is 18.2. The minimum atomic E-state index is -0.0229. The molecule has 5 rings (SSSR count). The minimum Gasteiger partial charge on any atom is -0.454 e. The molecule has 0 spiro atoms. The van der Waals surface area contributed by atoms with Crippen LogP contribution < -0.4 is 5.43 Å². The number of thiophene rings is 1. The van der Waals surface area contributed by atoms with Gasteiger partial charge in [0.1, 0.15) is 5.58 Å². The lowest BCUT2D eigenvalue weighted by Crippen LogP contribution is -2.12. The van der Waals surface area contributed by atoms with Crippen LogP contribution in [0.1, 0.15) is 22.3 Å². The van der Waals surface area contributed by atoms with Crippen LogP contribution in [0.25, 0.3) is 21.6 Å². The van der Waals surface area contributed by atoms with Crippen molar-refractivity contribution in [3.05, 3.63) is 128 Å². The van der Waals surface area contributed by atoms with Gasteiger partial charge in [0.2, 0.25) is 0 Å². The van der Waals surface area contributed by atoms with E-state index in [2.05, 4.69) is 12.1 Å². The average molecular weight is 443 g/mol. The molecule has 5 aromatic rings. The van der Waals surface area contributed by atoms with Crippen LogP contribution in [0.3, 0.4) is 0 Å². The smallest absolute Gasteiger partial charge is 0.196 e. The molecular weight excluding hydrogens is 424 g/mol. The van der Waals surface area contributed by atoms with Gasteiger partial charge >= 0.3 is 0 Å². The van der Waals surface area contributed by atoms with Crippen molar-refractivity contribution in [2.45, 2.75) is 12.8 Å². The topological polar surface area (TPSA) is 30.2 Å². The summed E-state index contributed by atoms with van der Waals surface area (Å²) in [4.78, 5) is 14.6. The van der Waals surface area contributed by atoms with Crippen LogP contribution in [-0.2, 0) is 12.8 Å². The van der Waals surface area contributed by atoms with E-state index in [0.717, 1.165) is 21.6 Å². The molecule has 152 valence electrons. The van der Waals surface area contributed by atoms with Gasteiger partial charge in [-0.15, -0.1) is 11.3 Å². The van der Waals surface area contributed by atoms with Gasteiger partial charge in [-0.05, 0) is 34.7 Å². The lowest BCUT2D eigenvalue weighted by atomic mass is 9.98. The summed E-state index contributed by atoms with van der Waals surface area (Å²) in [6.07, 6.45) is 1.15. The van der Waals surface area contributed by atoms with Crippen molar-refractivity contribution in [2.75, 3.05) is 0 Å².